The monoisotopic (exact) mass is 375 g/mol. The van der Waals surface area contributed by atoms with Crippen LogP contribution in [0, 0.1) is 5.41 Å². The van der Waals surface area contributed by atoms with Gasteiger partial charge in [-0.2, -0.15) is 0 Å². The van der Waals surface area contributed by atoms with Crippen molar-refractivity contribution in [2.24, 2.45) is 5.41 Å². The Morgan fingerprint density at radius 1 is 1.15 bits per heavy atom. The zero-order chi connectivity index (χ0) is 18.1. The first-order chi connectivity index (χ1) is 12.6. The molecule has 26 heavy (non-hydrogen) atoms. The van der Waals surface area contributed by atoms with Crippen LogP contribution in [0.15, 0.2) is 17.5 Å². The van der Waals surface area contributed by atoms with E-state index in [2.05, 4.69) is 16.8 Å². The Morgan fingerprint density at radius 3 is 2.54 bits per heavy atom. The normalized spacial score (nSPS) is 26.0. The topological polar surface area (TPSA) is 43.9 Å². The Balaban J connectivity index is 1.33. The van der Waals surface area contributed by atoms with Crippen LogP contribution in [0.2, 0.25) is 0 Å². The standard InChI is InChI=1S/C20H29N3O2S/c1-21-15-20(14-17(21)19(25)23-8-2-3-9-23)6-10-22(11-7-20)18(24)13-16-5-4-12-26-16/h4-5,12,17H,2-3,6-11,13-15H2,1H3. The van der Waals surface area contributed by atoms with Crippen molar-refractivity contribution in [2.75, 3.05) is 39.8 Å². The number of carbonyl (C=O) groups excluding carboxylic acids is 2. The number of thiophene rings is 1. The number of likely N-dealkylation sites (tertiary alicyclic amines) is 3. The Morgan fingerprint density at radius 2 is 1.88 bits per heavy atom. The summed E-state index contributed by atoms with van der Waals surface area (Å²) in [7, 11) is 2.10. The summed E-state index contributed by atoms with van der Waals surface area (Å²) in [6.45, 7) is 4.53. The predicted molar refractivity (Wildman–Crippen MR) is 103 cm³/mol. The van der Waals surface area contributed by atoms with Crippen molar-refractivity contribution in [3.63, 3.8) is 0 Å². The second-order valence-corrected chi connectivity index (χ2v) is 9.34. The molecule has 1 atom stereocenters. The minimum Gasteiger partial charge on any atom is -0.342 e. The average Bonchev–Trinajstić information content (AvgIpc) is 3.37. The van der Waals surface area contributed by atoms with Gasteiger partial charge in [0.05, 0.1) is 12.5 Å². The number of likely N-dealkylation sites (N-methyl/N-ethyl adjacent to an activating group) is 1. The molecule has 3 fully saturated rings. The van der Waals surface area contributed by atoms with Gasteiger partial charge in [-0.25, -0.2) is 0 Å². The Bertz CT molecular complexity index is 646. The van der Waals surface area contributed by atoms with E-state index >= 15 is 0 Å². The molecule has 1 unspecified atom stereocenters. The summed E-state index contributed by atoms with van der Waals surface area (Å²) in [4.78, 5) is 32.9. The van der Waals surface area contributed by atoms with Gasteiger partial charge in [0, 0.05) is 37.6 Å². The number of piperidine rings is 1. The van der Waals surface area contributed by atoms with Gasteiger partial charge in [0.25, 0.3) is 0 Å². The Kier molecular flexibility index (Phi) is 5.06. The summed E-state index contributed by atoms with van der Waals surface area (Å²) in [5.74, 6) is 0.580. The van der Waals surface area contributed by atoms with E-state index in [0.29, 0.717) is 12.3 Å². The molecule has 3 aliphatic rings. The molecule has 0 radical (unpaired) electrons. The lowest BCUT2D eigenvalue weighted by Gasteiger charge is -2.39. The van der Waals surface area contributed by atoms with E-state index in [1.807, 2.05) is 22.4 Å². The van der Waals surface area contributed by atoms with Crippen molar-refractivity contribution in [1.82, 2.24) is 14.7 Å². The molecule has 0 saturated carbocycles. The molecule has 2 amide bonds. The molecule has 0 aromatic carbocycles. The van der Waals surface area contributed by atoms with Crippen LogP contribution in [-0.4, -0.2) is 72.3 Å². The third-order valence-corrected chi connectivity index (χ3v) is 7.40. The molecule has 1 aromatic rings. The number of rotatable bonds is 3. The maximum absolute atomic E-state index is 12.9. The number of amides is 2. The SMILES string of the molecule is CN1CC2(CCN(C(=O)Cc3cccs3)CC2)CC1C(=O)N1CCCC1. The van der Waals surface area contributed by atoms with Crippen molar-refractivity contribution in [1.29, 1.82) is 0 Å². The minimum atomic E-state index is 0.0430. The number of hydrogen-bond acceptors (Lipinski definition) is 4. The molecule has 0 aliphatic carbocycles. The van der Waals surface area contributed by atoms with E-state index < -0.39 is 0 Å². The maximum Gasteiger partial charge on any atom is 0.239 e. The number of carbonyl (C=O) groups is 2. The van der Waals surface area contributed by atoms with Gasteiger partial charge >= 0.3 is 0 Å². The molecular weight excluding hydrogens is 346 g/mol. The van der Waals surface area contributed by atoms with E-state index in [0.717, 1.165) is 69.7 Å². The lowest BCUT2D eigenvalue weighted by molar-refractivity contribution is -0.135. The molecule has 3 saturated heterocycles. The van der Waals surface area contributed by atoms with Crippen molar-refractivity contribution >= 4 is 23.2 Å². The predicted octanol–water partition coefficient (Wildman–Crippen LogP) is 2.23. The highest BCUT2D eigenvalue weighted by Gasteiger charge is 2.48. The summed E-state index contributed by atoms with van der Waals surface area (Å²) in [5.41, 5.74) is 0.217. The molecule has 4 rings (SSSR count). The third-order valence-electron chi connectivity index (χ3n) is 6.53. The second-order valence-electron chi connectivity index (χ2n) is 8.30. The summed E-state index contributed by atoms with van der Waals surface area (Å²) in [5, 5.41) is 2.03. The van der Waals surface area contributed by atoms with Gasteiger partial charge in [-0.3, -0.25) is 14.5 Å². The molecule has 3 aliphatic heterocycles. The van der Waals surface area contributed by atoms with Crippen molar-refractivity contribution in [2.45, 2.75) is 44.6 Å². The van der Waals surface area contributed by atoms with Gasteiger partial charge in [0.2, 0.25) is 11.8 Å². The van der Waals surface area contributed by atoms with E-state index in [9.17, 15) is 9.59 Å². The summed E-state index contributed by atoms with van der Waals surface area (Å²) in [6.07, 6.45) is 5.84. The zero-order valence-corrected chi connectivity index (χ0v) is 16.5. The molecule has 0 N–H and O–H groups in total. The van der Waals surface area contributed by atoms with E-state index in [4.69, 9.17) is 0 Å². The highest BCUT2D eigenvalue weighted by molar-refractivity contribution is 7.10. The van der Waals surface area contributed by atoms with E-state index in [-0.39, 0.29) is 17.4 Å². The first kappa shape index (κ1) is 18.0. The zero-order valence-electron chi connectivity index (χ0n) is 15.7. The van der Waals surface area contributed by atoms with Crippen LogP contribution in [0.5, 0.6) is 0 Å². The van der Waals surface area contributed by atoms with Gasteiger partial charge in [0.1, 0.15) is 0 Å². The lowest BCUT2D eigenvalue weighted by Crippen LogP contribution is -2.44. The van der Waals surface area contributed by atoms with Crippen LogP contribution < -0.4 is 0 Å². The van der Waals surface area contributed by atoms with Crippen molar-refractivity contribution in [3.8, 4) is 0 Å². The maximum atomic E-state index is 12.9. The first-order valence-corrected chi connectivity index (χ1v) is 10.7. The molecule has 0 bridgehead atoms. The van der Waals surface area contributed by atoms with Crippen LogP contribution in [-0.2, 0) is 16.0 Å². The molecule has 6 heteroatoms. The number of hydrogen-bond donors (Lipinski definition) is 0. The smallest absolute Gasteiger partial charge is 0.239 e. The average molecular weight is 376 g/mol. The molecule has 4 heterocycles. The molecule has 1 spiro atoms. The van der Waals surface area contributed by atoms with Crippen LogP contribution >= 0.6 is 11.3 Å². The fourth-order valence-electron chi connectivity index (χ4n) is 4.96. The van der Waals surface area contributed by atoms with Gasteiger partial charge in [-0.05, 0) is 56.0 Å². The quantitative estimate of drug-likeness (QED) is 0.814. The highest BCUT2D eigenvalue weighted by atomic mass is 32.1. The fraction of sp³-hybridized carbons (Fsp3) is 0.700. The molecule has 1 aromatic heterocycles. The Labute approximate surface area is 159 Å². The fourth-order valence-corrected chi connectivity index (χ4v) is 5.66. The summed E-state index contributed by atoms with van der Waals surface area (Å²) in [6, 6.07) is 4.08. The van der Waals surface area contributed by atoms with Crippen LogP contribution in [0.25, 0.3) is 0 Å². The van der Waals surface area contributed by atoms with Gasteiger partial charge in [-0.15, -0.1) is 11.3 Å². The van der Waals surface area contributed by atoms with Crippen molar-refractivity contribution in [3.05, 3.63) is 22.4 Å². The van der Waals surface area contributed by atoms with Gasteiger partial charge in [0.15, 0.2) is 0 Å². The molecule has 142 valence electrons. The molecule has 5 nitrogen and oxygen atoms in total. The summed E-state index contributed by atoms with van der Waals surface area (Å²) < 4.78 is 0. The van der Waals surface area contributed by atoms with Gasteiger partial charge in [-0.1, -0.05) is 6.07 Å². The van der Waals surface area contributed by atoms with Crippen LogP contribution in [0.3, 0.4) is 0 Å². The lowest BCUT2D eigenvalue weighted by atomic mass is 9.76. The third kappa shape index (κ3) is 3.54. The molecular formula is C20H29N3O2S. The number of nitrogens with zero attached hydrogens (tertiary/aromatic N) is 3. The van der Waals surface area contributed by atoms with E-state index in [1.54, 1.807) is 11.3 Å². The summed E-state index contributed by atoms with van der Waals surface area (Å²) >= 11 is 1.65. The minimum absolute atomic E-state index is 0.0430. The first-order valence-electron chi connectivity index (χ1n) is 9.86. The largest absolute Gasteiger partial charge is 0.342 e. The second kappa shape index (κ2) is 7.31. The Hall–Kier alpha value is -1.40. The highest BCUT2D eigenvalue weighted by Crippen LogP contribution is 2.43. The van der Waals surface area contributed by atoms with Crippen LogP contribution in [0.1, 0.15) is 37.0 Å². The van der Waals surface area contributed by atoms with Gasteiger partial charge < -0.3 is 9.80 Å². The van der Waals surface area contributed by atoms with E-state index in [1.165, 1.54) is 0 Å². The van der Waals surface area contributed by atoms with Crippen LogP contribution in [0.4, 0.5) is 0 Å². The van der Waals surface area contributed by atoms with Crippen molar-refractivity contribution < 1.29 is 9.59 Å².